The van der Waals surface area contributed by atoms with Crippen LogP contribution in [0.15, 0.2) is 60.7 Å². The SMILES string of the molecule is CCCCC(=O)N1C(=O)OC[C@@H]1Cc1ccccc1.N#CCBr.[C-]#[N+]C[C@@H](CCC)C(=O)N1C(=O)OC[C@@H]1Cc1ccccc1. The molecule has 4 rings (SSSR count). The van der Waals surface area contributed by atoms with Crippen LogP contribution in [0.2, 0.25) is 0 Å². The highest BCUT2D eigenvalue weighted by molar-refractivity contribution is 9.09. The molecule has 0 unspecified atom stereocenters. The van der Waals surface area contributed by atoms with Crippen molar-refractivity contribution in [1.82, 2.24) is 9.80 Å². The minimum Gasteiger partial charge on any atom is -0.447 e. The number of carbonyl (C=O) groups is 4. The van der Waals surface area contributed by atoms with Crippen LogP contribution in [0.3, 0.4) is 0 Å². The first-order valence-electron chi connectivity index (χ1n) is 15.1. The number of halogens is 1. The topological polar surface area (TPSA) is 121 Å². The molecule has 0 bridgehead atoms. The standard InChI is InChI=1S/C17H20N2O3.C15H19NO3.C2H2BrN/c1-3-7-14(11-18-2)16(20)19-15(12-22-17(19)21)10-13-8-5-4-6-9-13;1-2-3-9-14(17)16-13(11-19-15(16)18)10-12-7-5-4-6-8-12;3-1-2-4/h4-6,8-9,14-15H,3,7,10-12H2,1H3;4-8,13H,2-3,9-11H2,1H3;1H2/t14-,15+;13-;/m10./s1. The summed E-state index contributed by atoms with van der Waals surface area (Å²) >= 11 is 2.89. The van der Waals surface area contributed by atoms with E-state index in [1.165, 1.54) is 9.80 Å². The molecule has 0 saturated carbocycles. The maximum absolute atomic E-state index is 12.6. The number of nitriles is 1. The summed E-state index contributed by atoms with van der Waals surface area (Å²) in [6, 6.07) is 21.0. The van der Waals surface area contributed by atoms with Crippen molar-refractivity contribution in [2.75, 3.05) is 25.1 Å². The molecule has 45 heavy (non-hydrogen) atoms. The van der Waals surface area contributed by atoms with Crippen molar-refractivity contribution in [2.45, 2.75) is 70.9 Å². The summed E-state index contributed by atoms with van der Waals surface area (Å²) in [4.78, 5) is 54.1. The second-order valence-corrected chi connectivity index (χ2v) is 11.1. The molecule has 240 valence electrons. The predicted octanol–water partition coefficient (Wildman–Crippen LogP) is 6.58. The quantitative estimate of drug-likeness (QED) is 0.194. The Morgan fingerprint density at radius 3 is 1.87 bits per heavy atom. The van der Waals surface area contributed by atoms with Gasteiger partial charge in [-0.25, -0.2) is 26.0 Å². The maximum Gasteiger partial charge on any atom is 0.417 e. The minimum atomic E-state index is -0.586. The molecular formula is C34H41BrN4O6. The number of hydrogen-bond donors (Lipinski definition) is 0. The van der Waals surface area contributed by atoms with Gasteiger partial charge in [0.25, 0.3) is 0 Å². The monoisotopic (exact) mass is 680 g/mol. The van der Waals surface area contributed by atoms with E-state index in [0.717, 1.165) is 30.4 Å². The lowest BCUT2D eigenvalue weighted by molar-refractivity contribution is -0.133. The third-order valence-electron chi connectivity index (χ3n) is 7.16. The zero-order valence-electron chi connectivity index (χ0n) is 25.9. The Balaban J connectivity index is 0.000000283. The van der Waals surface area contributed by atoms with Crippen LogP contribution >= 0.6 is 15.9 Å². The van der Waals surface area contributed by atoms with Gasteiger partial charge in [-0.15, -0.1) is 0 Å². The van der Waals surface area contributed by atoms with Crippen molar-refractivity contribution in [2.24, 2.45) is 5.92 Å². The van der Waals surface area contributed by atoms with Gasteiger partial charge < -0.3 is 14.3 Å². The molecule has 0 radical (unpaired) electrons. The Bertz CT molecular complexity index is 1310. The van der Waals surface area contributed by atoms with Crippen molar-refractivity contribution < 1.29 is 28.7 Å². The highest BCUT2D eigenvalue weighted by Crippen LogP contribution is 2.22. The summed E-state index contributed by atoms with van der Waals surface area (Å²) < 4.78 is 10.1. The Labute approximate surface area is 274 Å². The van der Waals surface area contributed by atoms with Crippen LogP contribution in [-0.4, -0.2) is 71.0 Å². The molecule has 3 atom stereocenters. The molecule has 2 heterocycles. The molecule has 11 heteroatoms. The number of unbranched alkanes of at least 4 members (excludes halogenated alkanes) is 1. The molecule has 4 amide bonds. The largest absolute Gasteiger partial charge is 0.447 e. The molecule has 2 fully saturated rings. The molecule has 0 aromatic heterocycles. The van der Waals surface area contributed by atoms with Gasteiger partial charge in [0.15, 0.2) is 0 Å². The zero-order chi connectivity index (χ0) is 33.0. The number of amides is 4. The van der Waals surface area contributed by atoms with E-state index in [1.807, 2.05) is 80.6 Å². The van der Waals surface area contributed by atoms with Gasteiger partial charge in [-0.05, 0) is 36.8 Å². The van der Waals surface area contributed by atoms with Crippen molar-refractivity contribution in [3.63, 3.8) is 0 Å². The summed E-state index contributed by atoms with van der Waals surface area (Å²) in [5, 5.41) is 8.02. The van der Waals surface area contributed by atoms with Crippen LogP contribution in [0.1, 0.15) is 57.1 Å². The third kappa shape index (κ3) is 12.0. The fourth-order valence-electron chi connectivity index (χ4n) is 4.97. The van der Waals surface area contributed by atoms with Gasteiger partial charge >= 0.3 is 12.2 Å². The van der Waals surface area contributed by atoms with Crippen LogP contribution < -0.4 is 0 Å². The molecule has 2 aliphatic rings. The normalized spacial score (nSPS) is 17.4. The van der Waals surface area contributed by atoms with Crippen LogP contribution in [0.25, 0.3) is 4.85 Å². The van der Waals surface area contributed by atoms with Gasteiger partial charge in [0, 0.05) is 6.42 Å². The van der Waals surface area contributed by atoms with E-state index in [2.05, 4.69) is 20.8 Å². The number of imide groups is 2. The van der Waals surface area contributed by atoms with E-state index in [1.54, 1.807) is 0 Å². The number of rotatable bonds is 11. The van der Waals surface area contributed by atoms with Gasteiger partial charge in [0.2, 0.25) is 18.4 Å². The average Bonchev–Trinajstić information content (AvgIpc) is 3.61. The lowest BCUT2D eigenvalue weighted by Crippen LogP contribution is -2.44. The Hall–Kier alpha value is -4.22. The first-order chi connectivity index (χ1) is 21.8. The highest BCUT2D eigenvalue weighted by Gasteiger charge is 2.41. The number of benzene rings is 2. The molecule has 2 saturated heterocycles. The number of cyclic esters (lactones) is 2. The smallest absolute Gasteiger partial charge is 0.417 e. The van der Waals surface area contributed by atoms with Crippen LogP contribution in [0, 0.1) is 23.8 Å². The van der Waals surface area contributed by atoms with Crippen molar-refractivity contribution >= 4 is 39.9 Å². The van der Waals surface area contributed by atoms with Crippen molar-refractivity contribution in [3.8, 4) is 6.07 Å². The molecule has 0 N–H and O–H groups in total. The van der Waals surface area contributed by atoms with E-state index in [9.17, 15) is 19.2 Å². The number of carbonyl (C=O) groups excluding carboxylic acids is 4. The summed E-state index contributed by atoms with van der Waals surface area (Å²) in [6.45, 7) is 11.6. The summed E-state index contributed by atoms with van der Waals surface area (Å²) in [5.74, 6) is -0.821. The van der Waals surface area contributed by atoms with E-state index < -0.39 is 18.1 Å². The van der Waals surface area contributed by atoms with Gasteiger partial charge in [0.1, 0.15) is 19.1 Å². The molecule has 2 aliphatic heterocycles. The first-order valence-corrected chi connectivity index (χ1v) is 16.3. The fraction of sp³-hybridized carbons (Fsp3) is 0.471. The molecular weight excluding hydrogens is 640 g/mol. The third-order valence-corrected chi connectivity index (χ3v) is 7.41. The molecule has 0 spiro atoms. The molecule has 2 aromatic carbocycles. The molecule has 0 aliphatic carbocycles. The van der Waals surface area contributed by atoms with Crippen LogP contribution in [0.4, 0.5) is 9.59 Å². The minimum absolute atomic E-state index is 0.120. The average molecular weight is 682 g/mol. The first kappa shape index (κ1) is 37.0. The Kier molecular flexibility index (Phi) is 17.0. The predicted molar refractivity (Wildman–Crippen MR) is 173 cm³/mol. The fourth-order valence-corrected chi connectivity index (χ4v) is 4.97. The number of alkyl halides is 1. The summed E-state index contributed by atoms with van der Waals surface area (Å²) in [6.07, 6.45) is 3.73. The maximum atomic E-state index is 12.6. The van der Waals surface area contributed by atoms with Crippen molar-refractivity contribution in [3.05, 3.63) is 83.2 Å². The summed E-state index contributed by atoms with van der Waals surface area (Å²) in [5.41, 5.74) is 2.17. The highest BCUT2D eigenvalue weighted by atomic mass is 79.9. The van der Waals surface area contributed by atoms with Crippen LogP contribution in [0.5, 0.6) is 0 Å². The van der Waals surface area contributed by atoms with Gasteiger partial charge in [-0.2, -0.15) is 5.26 Å². The zero-order valence-corrected chi connectivity index (χ0v) is 27.5. The van der Waals surface area contributed by atoms with E-state index in [0.29, 0.717) is 37.6 Å². The van der Waals surface area contributed by atoms with Gasteiger partial charge in [-0.1, -0.05) is 103 Å². The lowest BCUT2D eigenvalue weighted by Gasteiger charge is -2.22. The Morgan fingerprint density at radius 2 is 1.42 bits per heavy atom. The van der Waals surface area contributed by atoms with Gasteiger partial charge in [-0.3, -0.25) is 9.59 Å². The lowest BCUT2D eigenvalue weighted by atomic mass is 10.00. The number of ether oxygens (including phenoxy) is 2. The van der Waals surface area contributed by atoms with E-state index >= 15 is 0 Å². The molecule has 10 nitrogen and oxygen atoms in total. The number of hydrogen-bond acceptors (Lipinski definition) is 7. The number of nitrogens with zero attached hydrogens (tertiary/aromatic N) is 4. The second kappa shape index (κ2) is 20.7. The van der Waals surface area contributed by atoms with E-state index in [-0.39, 0.29) is 37.0 Å². The van der Waals surface area contributed by atoms with Crippen LogP contribution in [-0.2, 0) is 31.9 Å². The second-order valence-electron chi connectivity index (χ2n) is 10.5. The van der Waals surface area contributed by atoms with E-state index in [4.69, 9.17) is 21.3 Å². The van der Waals surface area contributed by atoms with Gasteiger partial charge in [0.05, 0.1) is 23.5 Å². The van der Waals surface area contributed by atoms with Crippen molar-refractivity contribution in [1.29, 1.82) is 5.26 Å². The summed E-state index contributed by atoms with van der Waals surface area (Å²) in [7, 11) is 0. The molecule has 2 aromatic rings. The Morgan fingerprint density at radius 1 is 0.933 bits per heavy atom.